The van der Waals surface area contributed by atoms with E-state index in [0.717, 1.165) is 30.0 Å². The summed E-state index contributed by atoms with van der Waals surface area (Å²) in [6.45, 7) is 4.91. The van der Waals surface area contributed by atoms with Crippen LogP contribution in [-0.2, 0) is 13.1 Å². The summed E-state index contributed by atoms with van der Waals surface area (Å²) in [5.74, 6) is 0.883. The number of aliphatic hydroxyl groups excluding tert-OH is 1. The Kier molecular flexibility index (Phi) is 6.90. The number of hydrogen-bond acceptors (Lipinski definition) is 5. The van der Waals surface area contributed by atoms with Crippen molar-refractivity contribution in [3.05, 3.63) is 78.4 Å². The minimum Gasteiger partial charge on any atom is -0.494 e. The zero-order valence-corrected chi connectivity index (χ0v) is 15.6. The molecule has 2 aromatic carbocycles. The van der Waals surface area contributed by atoms with Crippen molar-refractivity contribution in [3.63, 3.8) is 0 Å². The molecule has 0 fully saturated rings. The third-order valence-electron chi connectivity index (χ3n) is 4.29. The Morgan fingerprint density at radius 3 is 2.37 bits per heavy atom. The van der Waals surface area contributed by atoms with Gasteiger partial charge in [0.05, 0.1) is 13.2 Å². The summed E-state index contributed by atoms with van der Waals surface area (Å²) < 4.78 is 5.58. The number of benzene rings is 2. The summed E-state index contributed by atoms with van der Waals surface area (Å²) in [5, 5.41) is 9.44. The normalized spacial score (nSPS) is 10.9. The molecule has 0 amide bonds. The van der Waals surface area contributed by atoms with Crippen LogP contribution in [0.15, 0.2) is 67.3 Å². The van der Waals surface area contributed by atoms with Crippen molar-refractivity contribution in [2.24, 2.45) is 0 Å². The van der Waals surface area contributed by atoms with E-state index in [9.17, 15) is 5.11 Å². The zero-order chi connectivity index (χ0) is 18.9. The Morgan fingerprint density at radius 2 is 1.67 bits per heavy atom. The van der Waals surface area contributed by atoms with Crippen molar-refractivity contribution in [1.82, 2.24) is 14.9 Å². The summed E-state index contributed by atoms with van der Waals surface area (Å²) >= 11 is 0. The third-order valence-corrected chi connectivity index (χ3v) is 4.29. The van der Waals surface area contributed by atoms with Gasteiger partial charge in [0.2, 0.25) is 0 Å². The van der Waals surface area contributed by atoms with Gasteiger partial charge in [-0.3, -0.25) is 4.90 Å². The topological polar surface area (TPSA) is 58.5 Å². The standard InChI is InChI=1S/C22H25N3O2/c1-2-27-22-5-3-4-19(12-22)16-25(10-11-26)15-18-6-8-20(9-7-18)21-13-23-17-24-14-21/h3-9,12-14,17,26H,2,10-11,15-16H2,1H3. The molecule has 0 aliphatic rings. The molecule has 27 heavy (non-hydrogen) atoms. The molecule has 3 aromatic rings. The Balaban J connectivity index is 1.68. The molecule has 1 heterocycles. The fourth-order valence-corrected chi connectivity index (χ4v) is 3.02. The summed E-state index contributed by atoms with van der Waals surface area (Å²) in [6.07, 6.45) is 5.15. The molecule has 0 radical (unpaired) electrons. The molecule has 3 rings (SSSR count). The average molecular weight is 363 g/mol. The zero-order valence-electron chi connectivity index (χ0n) is 15.6. The van der Waals surface area contributed by atoms with E-state index in [-0.39, 0.29) is 6.61 Å². The Morgan fingerprint density at radius 1 is 0.926 bits per heavy atom. The SMILES string of the molecule is CCOc1cccc(CN(CCO)Cc2ccc(-c3cncnc3)cc2)c1. The molecule has 0 aliphatic carbocycles. The van der Waals surface area contributed by atoms with Crippen molar-refractivity contribution < 1.29 is 9.84 Å². The number of ether oxygens (including phenoxy) is 1. The molecule has 0 atom stereocenters. The van der Waals surface area contributed by atoms with E-state index in [1.54, 1.807) is 0 Å². The summed E-state index contributed by atoms with van der Waals surface area (Å²) in [7, 11) is 0. The maximum Gasteiger partial charge on any atom is 0.119 e. The van der Waals surface area contributed by atoms with E-state index in [0.29, 0.717) is 13.2 Å². The molecule has 1 N–H and O–H groups in total. The number of aromatic nitrogens is 2. The molecular formula is C22H25N3O2. The molecular weight excluding hydrogens is 338 g/mol. The summed E-state index contributed by atoms with van der Waals surface area (Å²) in [5.41, 5.74) is 4.47. The van der Waals surface area contributed by atoms with Gasteiger partial charge in [0.1, 0.15) is 12.1 Å². The Labute approximate surface area is 160 Å². The van der Waals surface area contributed by atoms with Gasteiger partial charge in [0.25, 0.3) is 0 Å². The van der Waals surface area contributed by atoms with E-state index >= 15 is 0 Å². The van der Waals surface area contributed by atoms with Crippen LogP contribution < -0.4 is 4.74 Å². The Bertz CT molecular complexity index is 822. The van der Waals surface area contributed by atoms with Crippen LogP contribution in [0.5, 0.6) is 5.75 Å². The van der Waals surface area contributed by atoms with Gasteiger partial charge in [0, 0.05) is 37.6 Å². The number of rotatable bonds is 9. The van der Waals surface area contributed by atoms with Gasteiger partial charge in [-0.15, -0.1) is 0 Å². The van der Waals surface area contributed by atoms with Crippen molar-refractivity contribution in [2.45, 2.75) is 20.0 Å². The van der Waals surface area contributed by atoms with E-state index < -0.39 is 0 Å². The molecule has 0 saturated heterocycles. The molecule has 0 bridgehead atoms. The van der Waals surface area contributed by atoms with Gasteiger partial charge in [-0.25, -0.2) is 9.97 Å². The van der Waals surface area contributed by atoms with Gasteiger partial charge in [0.15, 0.2) is 0 Å². The predicted molar refractivity (Wildman–Crippen MR) is 106 cm³/mol. The van der Waals surface area contributed by atoms with Crippen LogP contribution in [-0.4, -0.2) is 39.7 Å². The molecule has 1 aromatic heterocycles. The second kappa shape index (κ2) is 9.80. The second-order valence-corrected chi connectivity index (χ2v) is 6.34. The summed E-state index contributed by atoms with van der Waals surface area (Å²) in [6, 6.07) is 16.5. The first-order valence-corrected chi connectivity index (χ1v) is 9.17. The minimum atomic E-state index is 0.130. The van der Waals surface area contributed by atoms with E-state index in [1.165, 1.54) is 17.5 Å². The van der Waals surface area contributed by atoms with Crippen LogP contribution in [0.25, 0.3) is 11.1 Å². The van der Waals surface area contributed by atoms with Gasteiger partial charge in [-0.1, -0.05) is 36.4 Å². The molecule has 5 nitrogen and oxygen atoms in total. The lowest BCUT2D eigenvalue weighted by Gasteiger charge is -2.22. The summed E-state index contributed by atoms with van der Waals surface area (Å²) in [4.78, 5) is 10.4. The first-order valence-electron chi connectivity index (χ1n) is 9.17. The molecule has 0 aliphatic heterocycles. The monoisotopic (exact) mass is 363 g/mol. The van der Waals surface area contributed by atoms with Crippen LogP contribution in [0.3, 0.4) is 0 Å². The lowest BCUT2D eigenvalue weighted by Crippen LogP contribution is -2.26. The highest BCUT2D eigenvalue weighted by Gasteiger charge is 2.08. The molecule has 5 heteroatoms. The van der Waals surface area contributed by atoms with Gasteiger partial charge in [-0.05, 0) is 35.7 Å². The largest absolute Gasteiger partial charge is 0.494 e. The first kappa shape index (κ1) is 19.0. The third kappa shape index (κ3) is 5.61. The van der Waals surface area contributed by atoms with E-state index in [4.69, 9.17) is 4.74 Å². The van der Waals surface area contributed by atoms with Gasteiger partial charge in [-0.2, -0.15) is 0 Å². The second-order valence-electron chi connectivity index (χ2n) is 6.34. The molecule has 140 valence electrons. The highest BCUT2D eigenvalue weighted by molar-refractivity contribution is 5.61. The van der Waals surface area contributed by atoms with Crippen LogP contribution in [0.2, 0.25) is 0 Å². The highest BCUT2D eigenvalue weighted by atomic mass is 16.5. The fraction of sp³-hybridized carbons (Fsp3) is 0.273. The van der Waals surface area contributed by atoms with Gasteiger partial charge < -0.3 is 9.84 Å². The van der Waals surface area contributed by atoms with E-state index in [2.05, 4.69) is 51.3 Å². The fourth-order valence-electron chi connectivity index (χ4n) is 3.02. The molecule has 0 spiro atoms. The van der Waals surface area contributed by atoms with Gasteiger partial charge >= 0.3 is 0 Å². The lowest BCUT2D eigenvalue weighted by atomic mass is 10.1. The van der Waals surface area contributed by atoms with Crippen molar-refractivity contribution in [3.8, 4) is 16.9 Å². The van der Waals surface area contributed by atoms with Crippen molar-refractivity contribution >= 4 is 0 Å². The highest BCUT2D eigenvalue weighted by Crippen LogP contribution is 2.20. The van der Waals surface area contributed by atoms with E-state index in [1.807, 2.05) is 31.5 Å². The van der Waals surface area contributed by atoms with Crippen molar-refractivity contribution in [1.29, 1.82) is 0 Å². The van der Waals surface area contributed by atoms with Crippen molar-refractivity contribution in [2.75, 3.05) is 19.8 Å². The van der Waals surface area contributed by atoms with Crippen LogP contribution in [0, 0.1) is 0 Å². The quantitative estimate of drug-likeness (QED) is 0.630. The smallest absolute Gasteiger partial charge is 0.119 e. The lowest BCUT2D eigenvalue weighted by molar-refractivity contribution is 0.184. The minimum absolute atomic E-state index is 0.130. The molecule has 0 unspecified atom stereocenters. The van der Waals surface area contributed by atoms with Crippen LogP contribution >= 0.6 is 0 Å². The number of hydrogen-bond donors (Lipinski definition) is 1. The Hall–Kier alpha value is -2.76. The maximum atomic E-state index is 9.44. The molecule has 0 saturated carbocycles. The predicted octanol–water partition coefficient (Wildman–Crippen LogP) is 3.54. The first-order chi connectivity index (χ1) is 13.3. The maximum absolute atomic E-state index is 9.44. The van der Waals surface area contributed by atoms with Crippen LogP contribution in [0.1, 0.15) is 18.1 Å². The average Bonchev–Trinajstić information content (AvgIpc) is 2.70. The van der Waals surface area contributed by atoms with Crippen LogP contribution in [0.4, 0.5) is 0 Å². The number of nitrogens with zero attached hydrogens (tertiary/aromatic N) is 3. The number of aliphatic hydroxyl groups is 1.